The number of likely N-dealkylation sites (tertiary alicyclic amines) is 1. The van der Waals surface area contributed by atoms with Crippen LogP contribution in [0.2, 0.25) is 0 Å². The lowest BCUT2D eigenvalue weighted by molar-refractivity contribution is 0.114. The molecule has 14 heavy (non-hydrogen) atoms. The van der Waals surface area contributed by atoms with Crippen LogP contribution in [-0.4, -0.2) is 36.1 Å². The Hall–Kier alpha value is -1.09. The van der Waals surface area contributed by atoms with E-state index in [-0.39, 0.29) is 0 Å². The lowest BCUT2D eigenvalue weighted by Crippen LogP contribution is -2.35. The van der Waals surface area contributed by atoms with Gasteiger partial charge in [-0.2, -0.15) is 0 Å². The molecule has 0 aliphatic carbocycles. The van der Waals surface area contributed by atoms with Crippen molar-refractivity contribution in [2.24, 2.45) is 0 Å². The van der Waals surface area contributed by atoms with E-state index in [2.05, 4.69) is 16.9 Å². The van der Waals surface area contributed by atoms with Gasteiger partial charge in [0.1, 0.15) is 11.9 Å². The molecule has 3 heteroatoms. The molecule has 0 aromatic carbocycles. The quantitative estimate of drug-likeness (QED) is 0.711. The molecular weight excluding hydrogens is 176 g/mol. The highest BCUT2D eigenvalue weighted by Crippen LogP contribution is 2.16. The van der Waals surface area contributed by atoms with E-state index >= 15 is 0 Å². The molecule has 0 spiro atoms. The summed E-state index contributed by atoms with van der Waals surface area (Å²) in [6.07, 6.45) is 6.17. The first kappa shape index (κ1) is 9.46. The van der Waals surface area contributed by atoms with E-state index in [1.54, 1.807) is 12.4 Å². The van der Waals surface area contributed by atoms with Crippen LogP contribution in [0.1, 0.15) is 12.8 Å². The zero-order valence-corrected chi connectivity index (χ0v) is 8.52. The second kappa shape index (κ2) is 4.42. The molecule has 0 amide bonds. The number of hydrogen-bond acceptors (Lipinski definition) is 3. The Bertz CT molecular complexity index is 268. The highest BCUT2D eigenvalue weighted by Gasteiger charge is 2.17. The molecule has 3 nitrogen and oxygen atoms in total. The number of nitrogens with zero attached hydrogens (tertiary/aromatic N) is 2. The minimum absolute atomic E-state index is 0.383. The predicted molar refractivity (Wildman–Crippen MR) is 55.4 cm³/mol. The summed E-state index contributed by atoms with van der Waals surface area (Å²) in [5.41, 5.74) is 0. The highest BCUT2D eigenvalue weighted by molar-refractivity contribution is 5.17. The first-order valence-electron chi connectivity index (χ1n) is 5.10. The summed E-state index contributed by atoms with van der Waals surface area (Å²) in [6, 6.07) is 3.83. The minimum Gasteiger partial charge on any atom is -0.490 e. The van der Waals surface area contributed by atoms with E-state index < -0.39 is 0 Å². The van der Waals surface area contributed by atoms with Crippen molar-refractivity contribution < 1.29 is 4.74 Å². The molecule has 76 valence electrons. The second-order valence-corrected chi connectivity index (χ2v) is 3.80. The van der Waals surface area contributed by atoms with Gasteiger partial charge < -0.3 is 9.64 Å². The van der Waals surface area contributed by atoms with E-state index in [1.165, 1.54) is 0 Å². The third-order valence-electron chi connectivity index (χ3n) is 2.62. The average molecular weight is 192 g/mol. The fourth-order valence-electron chi connectivity index (χ4n) is 1.71. The molecule has 2 heterocycles. The molecule has 0 saturated carbocycles. The molecule has 1 aliphatic heterocycles. The van der Waals surface area contributed by atoms with Crippen LogP contribution in [0.25, 0.3) is 0 Å². The maximum Gasteiger partial charge on any atom is 0.122 e. The Morgan fingerprint density at radius 1 is 1.29 bits per heavy atom. The molecule has 0 unspecified atom stereocenters. The Labute approximate surface area is 84.7 Å². The van der Waals surface area contributed by atoms with Crippen molar-refractivity contribution in [1.29, 1.82) is 0 Å². The van der Waals surface area contributed by atoms with Gasteiger partial charge in [0, 0.05) is 25.5 Å². The minimum atomic E-state index is 0.383. The third-order valence-corrected chi connectivity index (χ3v) is 2.62. The van der Waals surface area contributed by atoms with Gasteiger partial charge in [-0.05, 0) is 32.0 Å². The molecule has 1 aliphatic rings. The van der Waals surface area contributed by atoms with Crippen molar-refractivity contribution in [3.05, 3.63) is 24.5 Å². The van der Waals surface area contributed by atoms with Crippen LogP contribution in [0.15, 0.2) is 24.5 Å². The van der Waals surface area contributed by atoms with E-state index in [0.29, 0.717) is 6.10 Å². The van der Waals surface area contributed by atoms with Gasteiger partial charge in [0.05, 0.1) is 0 Å². The topological polar surface area (TPSA) is 25.4 Å². The van der Waals surface area contributed by atoms with Crippen molar-refractivity contribution in [3.63, 3.8) is 0 Å². The summed E-state index contributed by atoms with van der Waals surface area (Å²) in [5.74, 6) is 0.939. The van der Waals surface area contributed by atoms with Crippen molar-refractivity contribution in [2.45, 2.75) is 18.9 Å². The fraction of sp³-hybridized carbons (Fsp3) is 0.545. The van der Waals surface area contributed by atoms with Gasteiger partial charge >= 0.3 is 0 Å². The third kappa shape index (κ3) is 2.45. The number of aromatic nitrogens is 1. The molecule has 1 saturated heterocycles. The normalized spacial score (nSPS) is 19.5. The zero-order chi connectivity index (χ0) is 9.80. The predicted octanol–water partition coefficient (Wildman–Crippen LogP) is 1.55. The molecule has 0 atom stereocenters. The highest BCUT2D eigenvalue weighted by atomic mass is 16.5. The van der Waals surface area contributed by atoms with E-state index in [1.807, 2.05) is 12.1 Å². The summed E-state index contributed by atoms with van der Waals surface area (Å²) in [7, 11) is 2.16. The molecule has 2 rings (SSSR count). The summed E-state index contributed by atoms with van der Waals surface area (Å²) in [5, 5.41) is 0. The number of hydrogen-bond donors (Lipinski definition) is 0. The van der Waals surface area contributed by atoms with E-state index in [4.69, 9.17) is 4.74 Å². The first-order chi connectivity index (χ1) is 6.84. The lowest BCUT2D eigenvalue weighted by Gasteiger charge is -2.29. The number of rotatable bonds is 2. The van der Waals surface area contributed by atoms with Crippen LogP contribution in [-0.2, 0) is 0 Å². The largest absolute Gasteiger partial charge is 0.490 e. The van der Waals surface area contributed by atoms with Crippen LogP contribution in [0.5, 0.6) is 5.75 Å². The van der Waals surface area contributed by atoms with Gasteiger partial charge in [0.25, 0.3) is 0 Å². The molecule has 0 bridgehead atoms. The molecule has 1 aromatic rings. The van der Waals surface area contributed by atoms with Crippen molar-refractivity contribution in [2.75, 3.05) is 20.1 Å². The maximum atomic E-state index is 5.84. The monoisotopic (exact) mass is 192 g/mol. The SMILES string of the molecule is CN1CCC(Oc2ccncc2)CC1. The molecule has 0 radical (unpaired) electrons. The molecule has 0 N–H and O–H groups in total. The van der Waals surface area contributed by atoms with Crippen LogP contribution in [0.4, 0.5) is 0 Å². The van der Waals surface area contributed by atoms with Gasteiger partial charge in [-0.25, -0.2) is 0 Å². The lowest BCUT2D eigenvalue weighted by atomic mass is 10.1. The summed E-state index contributed by atoms with van der Waals surface area (Å²) >= 11 is 0. The molecular formula is C11H16N2O. The second-order valence-electron chi connectivity index (χ2n) is 3.80. The van der Waals surface area contributed by atoms with Crippen LogP contribution in [0.3, 0.4) is 0 Å². The van der Waals surface area contributed by atoms with E-state index in [0.717, 1.165) is 31.7 Å². The number of pyridine rings is 1. The fourth-order valence-corrected chi connectivity index (χ4v) is 1.71. The average Bonchev–Trinajstić information content (AvgIpc) is 2.23. The van der Waals surface area contributed by atoms with Gasteiger partial charge in [-0.3, -0.25) is 4.98 Å². The summed E-state index contributed by atoms with van der Waals surface area (Å²) in [4.78, 5) is 6.30. The van der Waals surface area contributed by atoms with E-state index in [9.17, 15) is 0 Å². The van der Waals surface area contributed by atoms with Gasteiger partial charge in [-0.1, -0.05) is 0 Å². The first-order valence-corrected chi connectivity index (χ1v) is 5.10. The Morgan fingerprint density at radius 2 is 1.93 bits per heavy atom. The molecule has 1 fully saturated rings. The van der Waals surface area contributed by atoms with Crippen molar-refractivity contribution >= 4 is 0 Å². The van der Waals surface area contributed by atoms with Crippen molar-refractivity contribution in [3.8, 4) is 5.75 Å². The van der Waals surface area contributed by atoms with Crippen molar-refractivity contribution in [1.82, 2.24) is 9.88 Å². The van der Waals surface area contributed by atoms with Crippen LogP contribution >= 0.6 is 0 Å². The summed E-state index contributed by atoms with van der Waals surface area (Å²) in [6.45, 7) is 2.27. The smallest absolute Gasteiger partial charge is 0.122 e. The van der Waals surface area contributed by atoms with Gasteiger partial charge in [0.2, 0.25) is 0 Å². The van der Waals surface area contributed by atoms with Gasteiger partial charge in [0.15, 0.2) is 0 Å². The van der Waals surface area contributed by atoms with Crippen LogP contribution < -0.4 is 4.74 Å². The Morgan fingerprint density at radius 3 is 2.57 bits per heavy atom. The molecule has 1 aromatic heterocycles. The Balaban J connectivity index is 1.87. The Kier molecular flexibility index (Phi) is 2.99. The number of ether oxygens (including phenoxy) is 1. The van der Waals surface area contributed by atoms with Gasteiger partial charge in [-0.15, -0.1) is 0 Å². The summed E-state index contributed by atoms with van der Waals surface area (Å²) < 4.78 is 5.84. The zero-order valence-electron chi connectivity index (χ0n) is 8.52. The number of piperidine rings is 1. The standard InChI is InChI=1S/C11H16N2O/c1-13-8-4-11(5-9-13)14-10-2-6-12-7-3-10/h2-3,6-7,11H,4-5,8-9H2,1H3. The maximum absolute atomic E-state index is 5.84. The van der Waals surface area contributed by atoms with Crippen LogP contribution in [0, 0.1) is 0 Å².